The zero-order chi connectivity index (χ0) is 20.7. The average molecular weight is 406 g/mol. The van der Waals surface area contributed by atoms with E-state index in [9.17, 15) is 9.59 Å². The first-order valence-corrected chi connectivity index (χ1v) is 9.97. The second-order valence-electron chi connectivity index (χ2n) is 7.64. The lowest BCUT2D eigenvalue weighted by atomic mass is 10.2. The van der Waals surface area contributed by atoms with Crippen molar-refractivity contribution in [2.75, 3.05) is 18.5 Å². The molecule has 0 atom stereocenters. The van der Waals surface area contributed by atoms with Crippen LogP contribution in [0.25, 0.3) is 0 Å². The molecule has 30 heavy (non-hydrogen) atoms. The van der Waals surface area contributed by atoms with E-state index in [2.05, 4.69) is 20.8 Å². The first-order valence-electron chi connectivity index (χ1n) is 9.97. The molecule has 10 nitrogen and oxygen atoms in total. The summed E-state index contributed by atoms with van der Waals surface area (Å²) in [7, 11) is 1.70. The molecular formula is C20H22N8O2. The van der Waals surface area contributed by atoms with Gasteiger partial charge < -0.3 is 0 Å². The van der Waals surface area contributed by atoms with Gasteiger partial charge in [0, 0.05) is 26.2 Å². The smallest absolute Gasteiger partial charge is 0.293 e. The molecule has 3 aromatic rings. The average Bonchev–Trinajstić information content (AvgIpc) is 3.37. The number of nitrogens with zero attached hydrogens (tertiary/aromatic N) is 7. The predicted octanol–water partition coefficient (Wildman–Crippen LogP) is 1.62. The van der Waals surface area contributed by atoms with Crippen LogP contribution < -0.4 is 10.3 Å². The van der Waals surface area contributed by atoms with Crippen LogP contribution in [-0.4, -0.2) is 55.3 Å². The zero-order valence-electron chi connectivity index (χ0n) is 16.6. The Morgan fingerprint density at radius 3 is 2.77 bits per heavy atom. The van der Waals surface area contributed by atoms with E-state index < -0.39 is 5.91 Å². The van der Waals surface area contributed by atoms with Crippen molar-refractivity contribution >= 4 is 17.6 Å². The number of aromatic nitrogens is 5. The Kier molecular flexibility index (Phi) is 4.46. The molecule has 0 spiro atoms. The maximum absolute atomic E-state index is 12.9. The molecule has 0 bridgehead atoms. The SMILES string of the molecule is CN1C(=O)N(NC(=O)c2cn(Cc3ccccc3)nn2)CCc2nn(C3CC3)cc21. The number of hydrazine groups is 1. The van der Waals surface area contributed by atoms with Gasteiger partial charge in [-0.3, -0.25) is 19.8 Å². The summed E-state index contributed by atoms with van der Waals surface area (Å²) >= 11 is 0. The normalized spacial score (nSPS) is 16.4. The fourth-order valence-electron chi connectivity index (χ4n) is 3.53. The van der Waals surface area contributed by atoms with Crippen molar-refractivity contribution in [2.45, 2.75) is 31.8 Å². The number of nitrogens with one attached hydrogen (secondary N) is 1. The molecule has 3 heterocycles. The van der Waals surface area contributed by atoms with Gasteiger partial charge in [0.25, 0.3) is 5.91 Å². The van der Waals surface area contributed by atoms with Gasteiger partial charge in [0.05, 0.1) is 30.2 Å². The van der Waals surface area contributed by atoms with Gasteiger partial charge >= 0.3 is 6.03 Å². The van der Waals surface area contributed by atoms with E-state index in [1.54, 1.807) is 17.9 Å². The van der Waals surface area contributed by atoms with Crippen molar-refractivity contribution in [3.63, 3.8) is 0 Å². The molecule has 1 N–H and O–H groups in total. The van der Waals surface area contributed by atoms with Crippen molar-refractivity contribution in [3.8, 4) is 0 Å². The maximum atomic E-state index is 12.9. The molecule has 0 unspecified atom stereocenters. The van der Waals surface area contributed by atoms with Gasteiger partial charge in [0.1, 0.15) is 0 Å². The van der Waals surface area contributed by atoms with Gasteiger partial charge in [0.2, 0.25) is 0 Å². The number of benzene rings is 1. The Balaban J connectivity index is 1.26. The van der Waals surface area contributed by atoms with Crippen LogP contribution in [-0.2, 0) is 13.0 Å². The van der Waals surface area contributed by atoms with Gasteiger partial charge in [-0.25, -0.2) is 14.5 Å². The van der Waals surface area contributed by atoms with Crippen molar-refractivity contribution in [1.29, 1.82) is 0 Å². The van der Waals surface area contributed by atoms with Crippen LogP contribution in [0.15, 0.2) is 42.7 Å². The highest BCUT2D eigenvalue weighted by atomic mass is 16.2. The topological polar surface area (TPSA) is 101 Å². The number of hydrogen-bond acceptors (Lipinski definition) is 5. The van der Waals surface area contributed by atoms with E-state index in [-0.39, 0.29) is 11.7 Å². The summed E-state index contributed by atoms with van der Waals surface area (Å²) in [5, 5.41) is 13.9. The van der Waals surface area contributed by atoms with E-state index >= 15 is 0 Å². The summed E-state index contributed by atoms with van der Waals surface area (Å²) in [4.78, 5) is 27.1. The van der Waals surface area contributed by atoms with Crippen LogP contribution in [0.3, 0.4) is 0 Å². The molecule has 2 aliphatic rings. The molecule has 3 amide bonds. The minimum atomic E-state index is -0.473. The molecule has 1 fully saturated rings. The van der Waals surface area contributed by atoms with Gasteiger partial charge in [0.15, 0.2) is 5.69 Å². The van der Waals surface area contributed by atoms with E-state index in [1.807, 2.05) is 41.2 Å². The third-order valence-corrected chi connectivity index (χ3v) is 5.35. The largest absolute Gasteiger partial charge is 0.343 e. The number of rotatable bonds is 5. The zero-order valence-corrected chi connectivity index (χ0v) is 16.6. The Hall–Kier alpha value is -3.69. The summed E-state index contributed by atoms with van der Waals surface area (Å²) in [6.45, 7) is 0.847. The molecule has 1 aliphatic heterocycles. The van der Waals surface area contributed by atoms with Crippen LogP contribution in [0.2, 0.25) is 0 Å². The number of fused-ring (bicyclic) bond motifs is 1. The number of hydrogen-bond donors (Lipinski definition) is 1. The fraction of sp³-hybridized carbons (Fsp3) is 0.350. The first-order chi connectivity index (χ1) is 14.6. The van der Waals surface area contributed by atoms with Crippen LogP contribution in [0, 0.1) is 0 Å². The molecule has 10 heteroatoms. The molecule has 1 aromatic carbocycles. The Bertz CT molecular complexity index is 1090. The van der Waals surface area contributed by atoms with Gasteiger partial charge in [-0.05, 0) is 18.4 Å². The molecule has 1 saturated carbocycles. The van der Waals surface area contributed by atoms with Crippen molar-refractivity contribution in [2.24, 2.45) is 0 Å². The monoisotopic (exact) mass is 406 g/mol. The third kappa shape index (κ3) is 3.51. The second kappa shape index (κ2) is 7.29. The molecule has 1 aliphatic carbocycles. The number of carbonyl (C=O) groups excluding carboxylic acids is 2. The summed E-state index contributed by atoms with van der Waals surface area (Å²) in [5.41, 5.74) is 5.52. The van der Waals surface area contributed by atoms with E-state index in [4.69, 9.17) is 0 Å². The fourth-order valence-corrected chi connectivity index (χ4v) is 3.53. The molecule has 5 rings (SSSR count). The quantitative estimate of drug-likeness (QED) is 0.694. The van der Waals surface area contributed by atoms with E-state index in [0.717, 1.165) is 29.8 Å². The van der Waals surface area contributed by atoms with Gasteiger partial charge in [-0.1, -0.05) is 35.5 Å². The van der Waals surface area contributed by atoms with Crippen LogP contribution in [0.1, 0.15) is 40.6 Å². The highest BCUT2D eigenvalue weighted by Gasteiger charge is 2.32. The van der Waals surface area contributed by atoms with E-state index in [1.165, 1.54) is 9.91 Å². The first kappa shape index (κ1) is 18.3. The van der Waals surface area contributed by atoms with E-state index in [0.29, 0.717) is 25.6 Å². The molecule has 2 aromatic heterocycles. The second-order valence-corrected chi connectivity index (χ2v) is 7.64. The summed E-state index contributed by atoms with van der Waals surface area (Å²) in [6.07, 6.45) is 6.32. The maximum Gasteiger partial charge on any atom is 0.343 e. The minimum absolute atomic E-state index is 0.155. The van der Waals surface area contributed by atoms with Crippen molar-refractivity contribution < 1.29 is 9.59 Å². The van der Waals surface area contributed by atoms with Crippen molar-refractivity contribution in [1.82, 2.24) is 35.2 Å². The molecule has 154 valence electrons. The van der Waals surface area contributed by atoms with Crippen LogP contribution >= 0.6 is 0 Å². The third-order valence-electron chi connectivity index (χ3n) is 5.35. The Morgan fingerprint density at radius 2 is 2.00 bits per heavy atom. The lowest BCUT2D eigenvalue weighted by molar-refractivity contribution is 0.0830. The molecule has 0 radical (unpaired) electrons. The summed E-state index contributed by atoms with van der Waals surface area (Å²) in [5.74, 6) is -0.473. The highest BCUT2D eigenvalue weighted by Crippen LogP contribution is 2.36. The number of amides is 3. The van der Waals surface area contributed by atoms with Gasteiger partial charge in [-0.2, -0.15) is 5.10 Å². The Labute approximate surface area is 173 Å². The molecule has 0 saturated heterocycles. The number of carbonyl (C=O) groups is 2. The van der Waals surface area contributed by atoms with Gasteiger partial charge in [-0.15, -0.1) is 5.10 Å². The lowest BCUT2D eigenvalue weighted by Crippen LogP contribution is -2.51. The molecular weight excluding hydrogens is 384 g/mol. The standard InChI is InChI=1S/C20H22N8O2/c1-25-18-13-28(15-7-8-15)22-16(18)9-10-27(20(25)30)23-19(29)17-12-26(24-21-17)11-14-5-3-2-4-6-14/h2-6,12-13,15H,7-11H2,1H3,(H,23,29). The lowest BCUT2D eigenvalue weighted by Gasteiger charge is -2.24. The summed E-state index contributed by atoms with van der Waals surface area (Å²) < 4.78 is 3.55. The number of urea groups is 1. The minimum Gasteiger partial charge on any atom is -0.293 e. The van der Waals surface area contributed by atoms with Crippen molar-refractivity contribution in [3.05, 3.63) is 59.7 Å². The Morgan fingerprint density at radius 1 is 1.20 bits per heavy atom. The van der Waals surface area contributed by atoms with Crippen LogP contribution in [0.4, 0.5) is 10.5 Å². The highest BCUT2D eigenvalue weighted by molar-refractivity contribution is 5.97. The number of anilines is 1. The predicted molar refractivity (Wildman–Crippen MR) is 108 cm³/mol. The summed E-state index contributed by atoms with van der Waals surface area (Å²) in [6, 6.07) is 9.93. The van der Waals surface area contributed by atoms with Crippen LogP contribution in [0.5, 0.6) is 0 Å².